The minimum absolute atomic E-state index is 0.0265. The van der Waals surface area contributed by atoms with E-state index in [0.717, 1.165) is 10.0 Å². The van der Waals surface area contributed by atoms with E-state index in [0.29, 0.717) is 6.54 Å². The van der Waals surface area contributed by atoms with Crippen LogP contribution in [-0.4, -0.2) is 14.5 Å². The second-order valence-corrected chi connectivity index (χ2v) is 4.67. The van der Waals surface area contributed by atoms with E-state index in [-0.39, 0.29) is 16.4 Å². The van der Waals surface area contributed by atoms with Crippen LogP contribution in [-0.2, 0) is 6.54 Å². The monoisotopic (exact) mass is 314 g/mol. The molecule has 0 saturated heterocycles. The van der Waals surface area contributed by atoms with Crippen molar-refractivity contribution in [2.45, 2.75) is 6.54 Å². The summed E-state index contributed by atoms with van der Waals surface area (Å²) >= 11 is 8.95. The van der Waals surface area contributed by atoms with Gasteiger partial charge in [-0.15, -0.1) is 0 Å². The Balaban J connectivity index is 2.37. The van der Waals surface area contributed by atoms with Crippen LogP contribution in [0, 0.1) is 0 Å². The van der Waals surface area contributed by atoms with Gasteiger partial charge in [0.2, 0.25) is 0 Å². The Morgan fingerprint density at radius 2 is 2.24 bits per heavy atom. The molecular formula is C10H8BrClN4O. The molecular weight excluding hydrogens is 307 g/mol. The Morgan fingerprint density at radius 1 is 1.47 bits per heavy atom. The van der Waals surface area contributed by atoms with Crippen molar-refractivity contribution >= 4 is 33.2 Å². The van der Waals surface area contributed by atoms with E-state index in [1.54, 1.807) is 12.4 Å². The topological polar surface area (TPSA) is 73.8 Å². The van der Waals surface area contributed by atoms with E-state index in [9.17, 15) is 4.79 Å². The molecule has 0 fully saturated rings. The van der Waals surface area contributed by atoms with Gasteiger partial charge in [-0.25, -0.2) is 4.98 Å². The average molecular weight is 316 g/mol. The summed E-state index contributed by atoms with van der Waals surface area (Å²) in [4.78, 5) is 19.6. The van der Waals surface area contributed by atoms with Gasteiger partial charge in [-0.2, -0.15) is 0 Å². The third kappa shape index (κ3) is 2.65. The number of nitrogen functional groups attached to an aromatic ring is 1. The summed E-state index contributed by atoms with van der Waals surface area (Å²) in [5, 5.41) is 0.0265. The highest BCUT2D eigenvalue weighted by atomic mass is 79.9. The molecule has 88 valence electrons. The normalized spacial score (nSPS) is 10.5. The number of hydrogen-bond donors (Lipinski definition) is 1. The maximum Gasteiger partial charge on any atom is 0.278 e. The first-order valence-electron chi connectivity index (χ1n) is 4.68. The van der Waals surface area contributed by atoms with Crippen molar-refractivity contribution in [1.82, 2.24) is 14.5 Å². The molecule has 2 rings (SSSR count). The molecule has 0 saturated carbocycles. The van der Waals surface area contributed by atoms with Gasteiger partial charge in [0, 0.05) is 16.9 Å². The van der Waals surface area contributed by atoms with Crippen molar-refractivity contribution in [2.75, 3.05) is 5.73 Å². The Bertz CT molecular complexity index is 613. The molecule has 2 heterocycles. The molecule has 0 aliphatic rings. The summed E-state index contributed by atoms with van der Waals surface area (Å²) in [5.74, 6) is 0. The standard InChI is InChI=1S/C10H8BrClN4O/c11-7-1-6(2-14-3-7)4-16-5-15-9(12)8(13)10(16)17/h1-3,5H,4,13H2. The summed E-state index contributed by atoms with van der Waals surface area (Å²) in [7, 11) is 0. The molecule has 0 atom stereocenters. The van der Waals surface area contributed by atoms with Gasteiger partial charge in [0.1, 0.15) is 5.69 Å². The molecule has 0 bridgehead atoms. The molecule has 5 nitrogen and oxygen atoms in total. The largest absolute Gasteiger partial charge is 0.392 e. The lowest BCUT2D eigenvalue weighted by Crippen LogP contribution is -2.24. The molecule has 0 aliphatic heterocycles. The Morgan fingerprint density at radius 3 is 2.94 bits per heavy atom. The van der Waals surface area contributed by atoms with E-state index >= 15 is 0 Å². The highest BCUT2D eigenvalue weighted by Crippen LogP contribution is 2.12. The zero-order valence-electron chi connectivity index (χ0n) is 8.60. The van der Waals surface area contributed by atoms with Crippen LogP contribution in [0.3, 0.4) is 0 Å². The third-order valence-corrected chi connectivity index (χ3v) is 2.87. The number of rotatable bonds is 2. The minimum Gasteiger partial charge on any atom is -0.392 e. The van der Waals surface area contributed by atoms with Gasteiger partial charge in [0.15, 0.2) is 5.15 Å². The highest BCUT2D eigenvalue weighted by Gasteiger charge is 2.06. The fourth-order valence-corrected chi connectivity index (χ4v) is 1.87. The molecule has 0 amide bonds. The SMILES string of the molecule is Nc1c(Cl)ncn(Cc2cncc(Br)c2)c1=O. The summed E-state index contributed by atoms with van der Waals surface area (Å²) < 4.78 is 2.22. The van der Waals surface area contributed by atoms with Crippen LogP contribution in [0.25, 0.3) is 0 Å². The molecule has 7 heteroatoms. The van der Waals surface area contributed by atoms with E-state index < -0.39 is 0 Å². The predicted molar refractivity (Wildman–Crippen MR) is 69.0 cm³/mol. The van der Waals surface area contributed by atoms with Gasteiger partial charge in [-0.3, -0.25) is 14.3 Å². The Hall–Kier alpha value is -1.40. The van der Waals surface area contributed by atoms with E-state index in [1.165, 1.54) is 10.9 Å². The first kappa shape index (κ1) is 12.1. The maximum atomic E-state index is 11.8. The number of pyridine rings is 1. The highest BCUT2D eigenvalue weighted by molar-refractivity contribution is 9.10. The number of nitrogens with two attached hydrogens (primary N) is 1. The van der Waals surface area contributed by atoms with Crippen LogP contribution in [0.2, 0.25) is 5.15 Å². The summed E-state index contributed by atoms with van der Waals surface area (Å²) in [6.07, 6.45) is 4.70. The van der Waals surface area contributed by atoms with Crippen molar-refractivity contribution in [2.24, 2.45) is 0 Å². The average Bonchev–Trinajstić information content (AvgIpc) is 2.30. The lowest BCUT2D eigenvalue weighted by atomic mass is 10.3. The van der Waals surface area contributed by atoms with Crippen LogP contribution in [0.4, 0.5) is 5.69 Å². The molecule has 0 radical (unpaired) electrons. The van der Waals surface area contributed by atoms with E-state index in [1.807, 2.05) is 6.07 Å². The van der Waals surface area contributed by atoms with E-state index in [4.69, 9.17) is 17.3 Å². The van der Waals surface area contributed by atoms with Gasteiger partial charge < -0.3 is 5.73 Å². The van der Waals surface area contributed by atoms with Gasteiger partial charge in [0.05, 0.1) is 12.9 Å². The van der Waals surface area contributed by atoms with Gasteiger partial charge >= 0.3 is 0 Å². The second-order valence-electron chi connectivity index (χ2n) is 3.39. The fourth-order valence-electron chi connectivity index (χ4n) is 1.34. The molecule has 2 aromatic heterocycles. The Labute approximate surface area is 110 Å². The fraction of sp³-hybridized carbons (Fsp3) is 0.100. The van der Waals surface area contributed by atoms with E-state index in [2.05, 4.69) is 25.9 Å². The smallest absolute Gasteiger partial charge is 0.278 e. The van der Waals surface area contributed by atoms with Crippen molar-refractivity contribution in [3.8, 4) is 0 Å². The zero-order valence-corrected chi connectivity index (χ0v) is 10.9. The van der Waals surface area contributed by atoms with Gasteiger partial charge in [-0.05, 0) is 27.6 Å². The first-order chi connectivity index (χ1) is 8.08. The quantitative estimate of drug-likeness (QED) is 0.856. The van der Waals surface area contributed by atoms with Crippen molar-refractivity contribution < 1.29 is 0 Å². The molecule has 0 aliphatic carbocycles. The number of halogens is 2. The van der Waals surface area contributed by atoms with Crippen LogP contribution >= 0.6 is 27.5 Å². The summed E-state index contributed by atoms with van der Waals surface area (Å²) in [6, 6.07) is 1.87. The molecule has 0 spiro atoms. The lowest BCUT2D eigenvalue weighted by molar-refractivity contribution is 0.736. The van der Waals surface area contributed by atoms with Gasteiger partial charge in [0.25, 0.3) is 5.56 Å². The minimum atomic E-state index is -0.357. The summed E-state index contributed by atoms with van der Waals surface area (Å²) in [5.41, 5.74) is 5.98. The third-order valence-electron chi connectivity index (χ3n) is 2.14. The van der Waals surface area contributed by atoms with Crippen molar-refractivity contribution in [3.63, 3.8) is 0 Å². The number of nitrogens with zero attached hydrogens (tertiary/aromatic N) is 3. The van der Waals surface area contributed by atoms with Crippen LogP contribution < -0.4 is 11.3 Å². The molecule has 2 N–H and O–H groups in total. The predicted octanol–water partition coefficient (Wildman–Crippen LogP) is 1.68. The molecule has 0 unspecified atom stereocenters. The summed E-state index contributed by atoms with van der Waals surface area (Å²) in [6.45, 7) is 0.347. The zero-order chi connectivity index (χ0) is 12.4. The molecule has 17 heavy (non-hydrogen) atoms. The number of anilines is 1. The lowest BCUT2D eigenvalue weighted by Gasteiger charge is -2.06. The van der Waals surface area contributed by atoms with Crippen LogP contribution in [0.1, 0.15) is 5.56 Å². The van der Waals surface area contributed by atoms with Crippen molar-refractivity contribution in [3.05, 3.63) is 50.3 Å². The van der Waals surface area contributed by atoms with Crippen LogP contribution in [0.5, 0.6) is 0 Å². The maximum absolute atomic E-state index is 11.8. The van der Waals surface area contributed by atoms with Crippen LogP contribution in [0.15, 0.2) is 34.1 Å². The Kier molecular flexibility index (Phi) is 3.44. The molecule has 2 aromatic rings. The number of aromatic nitrogens is 3. The number of hydrogen-bond acceptors (Lipinski definition) is 4. The first-order valence-corrected chi connectivity index (χ1v) is 5.85. The second kappa shape index (κ2) is 4.85. The van der Waals surface area contributed by atoms with Crippen molar-refractivity contribution in [1.29, 1.82) is 0 Å². The van der Waals surface area contributed by atoms with Gasteiger partial charge in [-0.1, -0.05) is 11.6 Å². The molecule has 0 aromatic carbocycles.